The number of carbonyl (C=O) groups is 2. The largest absolute Gasteiger partial charge is 0.493 e. The summed E-state index contributed by atoms with van der Waals surface area (Å²) in [4.78, 5) is 24.9. The van der Waals surface area contributed by atoms with Crippen molar-refractivity contribution < 1.29 is 27.6 Å². The zero-order chi connectivity index (χ0) is 13.8. The van der Waals surface area contributed by atoms with Crippen molar-refractivity contribution in [3.8, 4) is 0 Å². The van der Waals surface area contributed by atoms with Crippen LogP contribution in [0, 0.1) is 0 Å². The molecule has 0 heterocycles. The summed E-state index contributed by atoms with van der Waals surface area (Å²) in [5, 5.41) is 2.18. The van der Waals surface area contributed by atoms with Crippen molar-refractivity contribution in [3.05, 3.63) is 28.7 Å². The number of para-hydroxylation sites is 1. The van der Waals surface area contributed by atoms with Crippen molar-refractivity contribution in [1.29, 1.82) is 0 Å². The van der Waals surface area contributed by atoms with Crippen molar-refractivity contribution in [2.24, 2.45) is 0 Å². The van der Waals surface area contributed by atoms with Crippen LogP contribution in [0.15, 0.2) is 28.7 Å². The van der Waals surface area contributed by atoms with Gasteiger partial charge in [0.05, 0.1) is 5.69 Å². The van der Waals surface area contributed by atoms with Gasteiger partial charge in [-0.05, 0) is 28.1 Å². The van der Waals surface area contributed by atoms with E-state index in [-0.39, 0.29) is 0 Å². The molecule has 0 saturated heterocycles. The van der Waals surface area contributed by atoms with Crippen molar-refractivity contribution in [1.82, 2.24) is 5.48 Å². The number of nitrogens with one attached hydrogen (secondary N) is 2. The quantitative estimate of drug-likeness (QED) is 0.779. The van der Waals surface area contributed by atoms with Gasteiger partial charge in [0, 0.05) is 4.47 Å². The maximum absolute atomic E-state index is 11.7. The number of hydroxylamine groups is 1. The van der Waals surface area contributed by atoms with Gasteiger partial charge in [0.2, 0.25) is 0 Å². The molecule has 1 aromatic rings. The molecule has 2 amide bonds. The monoisotopic (exact) mass is 326 g/mol. The fraction of sp³-hybridized carbons (Fsp3) is 0.111. The molecule has 0 aliphatic heterocycles. The standard InChI is InChI=1S/C9H6BrF3N2O3/c10-5-3-1-2-4-6(5)14-8(17)15-18-7(16)9(11,12)13/h1-4H,(H2,14,15,17). The van der Waals surface area contributed by atoms with Crippen molar-refractivity contribution in [3.63, 3.8) is 0 Å². The highest BCUT2D eigenvalue weighted by Gasteiger charge is 2.41. The number of urea groups is 1. The molecular formula is C9H6BrF3N2O3. The number of benzene rings is 1. The zero-order valence-corrected chi connectivity index (χ0v) is 10.1. The minimum atomic E-state index is -5.17. The molecule has 0 saturated carbocycles. The van der Waals surface area contributed by atoms with E-state index in [0.717, 1.165) is 0 Å². The van der Waals surface area contributed by atoms with Crippen LogP contribution < -0.4 is 10.8 Å². The third-order valence-electron chi connectivity index (χ3n) is 1.59. The Kier molecular flexibility index (Phi) is 4.54. The predicted octanol–water partition coefficient (Wildman–Crippen LogP) is 2.59. The molecule has 0 aliphatic carbocycles. The first-order valence-corrected chi connectivity index (χ1v) is 5.19. The summed E-state index contributed by atoms with van der Waals surface area (Å²) in [6.45, 7) is 0. The number of hydrogen-bond acceptors (Lipinski definition) is 3. The number of carbonyl (C=O) groups excluding carboxylic acids is 2. The SMILES string of the molecule is O=C(NOC(=O)C(F)(F)F)Nc1ccccc1Br. The average molecular weight is 327 g/mol. The minimum absolute atomic E-state index is 0.304. The number of rotatable bonds is 1. The Bertz CT molecular complexity index is 465. The summed E-state index contributed by atoms with van der Waals surface area (Å²) in [6, 6.07) is 5.27. The van der Waals surface area contributed by atoms with Crippen LogP contribution in [-0.4, -0.2) is 18.2 Å². The van der Waals surface area contributed by atoms with Crippen LogP contribution in [0.2, 0.25) is 0 Å². The molecular weight excluding hydrogens is 321 g/mol. The minimum Gasteiger partial charge on any atom is -0.331 e. The first-order valence-electron chi connectivity index (χ1n) is 4.40. The first-order chi connectivity index (χ1) is 8.30. The fourth-order valence-corrected chi connectivity index (χ4v) is 1.24. The van der Waals surface area contributed by atoms with Gasteiger partial charge in [-0.3, -0.25) is 0 Å². The van der Waals surface area contributed by atoms with Crippen LogP contribution in [-0.2, 0) is 9.63 Å². The third-order valence-corrected chi connectivity index (χ3v) is 2.28. The third kappa shape index (κ3) is 4.24. The number of anilines is 1. The van der Waals surface area contributed by atoms with Gasteiger partial charge in [-0.1, -0.05) is 12.1 Å². The number of halogens is 4. The summed E-state index contributed by atoms with van der Waals surface area (Å²) < 4.78 is 35.7. The Morgan fingerprint density at radius 3 is 2.39 bits per heavy atom. The molecule has 0 aromatic heterocycles. The second-order valence-electron chi connectivity index (χ2n) is 2.92. The maximum Gasteiger partial charge on any atom is 0.493 e. The molecule has 0 unspecified atom stereocenters. The lowest BCUT2D eigenvalue weighted by Gasteiger charge is -2.09. The van der Waals surface area contributed by atoms with Crippen LogP contribution in [0.25, 0.3) is 0 Å². The van der Waals surface area contributed by atoms with E-state index >= 15 is 0 Å². The summed E-state index contributed by atoms with van der Waals surface area (Å²) in [5.41, 5.74) is 1.63. The Hall–Kier alpha value is -1.77. The van der Waals surface area contributed by atoms with Gasteiger partial charge in [-0.25, -0.2) is 9.59 Å². The highest BCUT2D eigenvalue weighted by atomic mass is 79.9. The molecule has 98 valence electrons. The lowest BCUT2D eigenvalue weighted by molar-refractivity contribution is -0.204. The first kappa shape index (κ1) is 14.3. The van der Waals surface area contributed by atoms with Crippen molar-refractivity contribution >= 4 is 33.6 Å². The van der Waals surface area contributed by atoms with Crippen molar-refractivity contribution in [2.75, 3.05) is 5.32 Å². The molecule has 9 heteroatoms. The van der Waals surface area contributed by atoms with E-state index in [2.05, 4.69) is 26.1 Å². The molecule has 18 heavy (non-hydrogen) atoms. The average Bonchev–Trinajstić information content (AvgIpc) is 2.27. The molecule has 1 rings (SSSR count). The highest BCUT2D eigenvalue weighted by Crippen LogP contribution is 2.21. The summed E-state index contributed by atoms with van der Waals surface area (Å²) in [6.07, 6.45) is -5.17. The summed E-state index contributed by atoms with van der Waals surface area (Å²) in [7, 11) is 0. The molecule has 0 aliphatic rings. The zero-order valence-electron chi connectivity index (χ0n) is 8.55. The number of alkyl halides is 3. The smallest absolute Gasteiger partial charge is 0.331 e. The molecule has 0 spiro atoms. The Balaban J connectivity index is 2.49. The molecule has 2 N–H and O–H groups in total. The normalized spacial score (nSPS) is 10.7. The second kappa shape index (κ2) is 5.71. The number of hydrogen-bond donors (Lipinski definition) is 2. The van der Waals surface area contributed by atoms with Gasteiger partial charge >= 0.3 is 18.2 Å². The molecule has 1 aromatic carbocycles. The van der Waals surface area contributed by atoms with Crippen LogP contribution >= 0.6 is 15.9 Å². The van der Waals surface area contributed by atoms with Gasteiger partial charge in [0.1, 0.15) is 0 Å². The maximum atomic E-state index is 11.7. The molecule has 0 atom stereocenters. The van der Waals surface area contributed by atoms with E-state index in [1.165, 1.54) is 11.5 Å². The lowest BCUT2D eigenvalue weighted by Crippen LogP contribution is -2.36. The van der Waals surface area contributed by atoms with E-state index in [1.54, 1.807) is 18.2 Å². The fourth-order valence-electron chi connectivity index (χ4n) is 0.861. The lowest BCUT2D eigenvalue weighted by atomic mass is 10.3. The van der Waals surface area contributed by atoms with Gasteiger partial charge in [0.25, 0.3) is 0 Å². The summed E-state index contributed by atoms with van der Waals surface area (Å²) in [5.74, 6) is -2.51. The number of amides is 2. The Morgan fingerprint density at radius 2 is 1.83 bits per heavy atom. The van der Waals surface area contributed by atoms with Gasteiger partial charge in [-0.2, -0.15) is 18.7 Å². The van der Waals surface area contributed by atoms with E-state index in [1.807, 2.05) is 0 Å². The Labute approximate surface area is 107 Å². The van der Waals surface area contributed by atoms with E-state index < -0.39 is 18.2 Å². The van der Waals surface area contributed by atoms with Crippen LogP contribution in [0.5, 0.6) is 0 Å². The van der Waals surface area contributed by atoms with Gasteiger partial charge < -0.3 is 10.2 Å². The van der Waals surface area contributed by atoms with Crippen LogP contribution in [0.1, 0.15) is 0 Å². The van der Waals surface area contributed by atoms with E-state index in [4.69, 9.17) is 0 Å². The van der Waals surface area contributed by atoms with Gasteiger partial charge in [-0.15, -0.1) is 0 Å². The molecule has 0 radical (unpaired) electrons. The van der Waals surface area contributed by atoms with Crippen molar-refractivity contribution in [2.45, 2.75) is 6.18 Å². The van der Waals surface area contributed by atoms with Gasteiger partial charge in [0.15, 0.2) is 0 Å². The van der Waals surface area contributed by atoms with E-state index in [9.17, 15) is 22.8 Å². The predicted molar refractivity (Wildman–Crippen MR) is 58.4 cm³/mol. The van der Waals surface area contributed by atoms with Crippen LogP contribution in [0.4, 0.5) is 23.7 Å². The second-order valence-corrected chi connectivity index (χ2v) is 3.78. The molecule has 0 bridgehead atoms. The Morgan fingerprint density at radius 1 is 1.22 bits per heavy atom. The summed E-state index contributed by atoms with van der Waals surface area (Å²) >= 11 is 3.11. The van der Waals surface area contributed by atoms with E-state index in [0.29, 0.717) is 10.2 Å². The molecule has 0 fully saturated rings. The van der Waals surface area contributed by atoms with Crippen LogP contribution in [0.3, 0.4) is 0 Å². The molecule has 5 nitrogen and oxygen atoms in total. The topological polar surface area (TPSA) is 67.4 Å². The highest BCUT2D eigenvalue weighted by molar-refractivity contribution is 9.10.